The van der Waals surface area contributed by atoms with E-state index in [2.05, 4.69) is 11.1 Å². The van der Waals surface area contributed by atoms with Crippen LogP contribution in [0.15, 0.2) is 24.5 Å². The van der Waals surface area contributed by atoms with Crippen LogP contribution in [0.1, 0.15) is 25.3 Å². The van der Waals surface area contributed by atoms with Crippen LogP contribution in [0.4, 0.5) is 0 Å². The number of ether oxygens (including phenoxy) is 1. The molecule has 1 aromatic heterocycles. The van der Waals surface area contributed by atoms with E-state index >= 15 is 0 Å². The fourth-order valence-corrected chi connectivity index (χ4v) is 2.49. The van der Waals surface area contributed by atoms with Gasteiger partial charge in [-0.05, 0) is 13.0 Å². The second-order valence-electron chi connectivity index (χ2n) is 4.81. The maximum atomic E-state index is 11.6. The monoisotopic (exact) mass is 249 g/mol. The minimum Gasteiger partial charge on any atom is -0.466 e. The molecule has 2 rings (SSSR count). The number of carbonyl (C=O) groups excluding carboxylic acids is 1. The first-order valence-electron chi connectivity index (χ1n) is 6.68. The van der Waals surface area contributed by atoms with E-state index in [1.807, 2.05) is 19.2 Å². The third-order valence-electron chi connectivity index (χ3n) is 3.49. The lowest BCUT2D eigenvalue weighted by atomic mass is 9.97. The van der Waals surface area contributed by atoms with Gasteiger partial charge in [0, 0.05) is 30.8 Å². The molecule has 0 radical (unpaired) electrons. The fourth-order valence-electron chi connectivity index (χ4n) is 2.49. The molecule has 0 bridgehead atoms. The van der Waals surface area contributed by atoms with Gasteiger partial charge in [0.25, 0.3) is 0 Å². The highest BCUT2D eigenvalue weighted by Gasteiger charge is 2.28. The smallest absolute Gasteiger partial charge is 0.309 e. The number of quaternary nitrogens is 1. The average molecular weight is 249 g/mol. The third-order valence-corrected chi connectivity index (χ3v) is 3.49. The van der Waals surface area contributed by atoms with E-state index in [4.69, 9.17) is 4.74 Å². The molecule has 0 saturated carbocycles. The normalized spacial score (nSPS) is 23.6. The summed E-state index contributed by atoms with van der Waals surface area (Å²) in [6, 6.07) is 4.08. The summed E-state index contributed by atoms with van der Waals surface area (Å²) in [7, 11) is 0. The van der Waals surface area contributed by atoms with Crippen LogP contribution < -0.4 is 4.90 Å². The number of nitrogens with one attached hydrogen (secondary N) is 1. The number of nitrogens with zero attached hydrogens (tertiary/aromatic N) is 1. The van der Waals surface area contributed by atoms with E-state index in [0.29, 0.717) is 6.61 Å². The first kappa shape index (κ1) is 13.0. The van der Waals surface area contributed by atoms with Crippen LogP contribution in [0.2, 0.25) is 0 Å². The van der Waals surface area contributed by atoms with Crippen molar-refractivity contribution in [3.8, 4) is 0 Å². The quantitative estimate of drug-likeness (QED) is 0.788. The second kappa shape index (κ2) is 6.50. The molecule has 2 heterocycles. The number of rotatable bonds is 4. The van der Waals surface area contributed by atoms with Crippen LogP contribution >= 0.6 is 0 Å². The number of likely N-dealkylation sites (tertiary alicyclic amines) is 1. The summed E-state index contributed by atoms with van der Waals surface area (Å²) in [5.74, 6) is 0.0977. The standard InChI is InChI=1S/C14H20N2O2/c1-2-18-14(17)13-5-8-16(9-6-13)11-12-4-3-7-15-10-12/h3-4,7,10,13H,2,5-6,8-9,11H2,1H3/p+1. The molecular weight excluding hydrogens is 228 g/mol. The molecule has 1 N–H and O–H groups in total. The Bertz CT molecular complexity index is 373. The average Bonchev–Trinajstić information content (AvgIpc) is 2.41. The zero-order valence-corrected chi connectivity index (χ0v) is 10.9. The minimum atomic E-state index is -0.0158. The lowest BCUT2D eigenvalue weighted by Gasteiger charge is -2.28. The molecule has 1 aliphatic rings. The highest BCUT2D eigenvalue weighted by molar-refractivity contribution is 5.72. The zero-order valence-electron chi connectivity index (χ0n) is 10.9. The van der Waals surface area contributed by atoms with Crippen LogP contribution in [0, 0.1) is 5.92 Å². The Labute approximate surface area is 108 Å². The molecule has 1 aliphatic heterocycles. The molecule has 0 aliphatic carbocycles. The van der Waals surface area contributed by atoms with Crippen molar-refractivity contribution in [2.45, 2.75) is 26.3 Å². The van der Waals surface area contributed by atoms with E-state index in [9.17, 15) is 4.79 Å². The number of aromatic nitrogens is 1. The van der Waals surface area contributed by atoms with Crippen molar-refractivity contribution < 1.29 is 14.4 Å². The Morgan fingerprint density at radius 3 is 2.89 bits per heavy atom. The minimum absolute atomic E-state index is 0.0158. The predicted octanol–water partition coefficient (Wildman–Crippen LogP) is 0.440. The summed E-state index contributed by atoms with van der Waals surface area (Å²) >= 11 is 0. The highest BCUT2D eigenvalue weighted by atomic mass is 16.5. The molecule has 1 aromatic rings. The molecule has 4 nitrogen and oxygen atoms in total. The molecule has 0 spiro atoms. The Morgan fingerprint density at radius 2 is 2.28 bits per heavy atom. The summed E-state index contributed by atoms with van der Waals surface area (Å²) in [5, 5.41) is 0. The molecule has 4 heteroatoms. The summed E-state index contributed by atoms with van der Waals surface area (Å²) in [6.07, 6.45) is 5.60. The second-order valence-corrected chi connectivity index (χ2v) is 4.81. The van der Waals surface area contributed by atoms with Crippen LogP contribution in [0.5, 0.6) is 0 Å². The van der Waals surface area contributed by atoms with E-state index in [-0.39, 0.29) is 11.9 Å². The number of carbonyl (C=O) groups is 1. The Balaban J connectivity index is 1.78. The molecule has 0 aromatic carbocycles. The van der Waals surface area contributed by atoms with Gasteiger partial charge in [0.1, 0.15) is 6.54 Å². The number of esters is 1. The lowest BCUT2D eigenvalue weighted by Crippen LogP contribution is -3.11. The lowest BCUT2D eigenvalue weighted by molar-refractivity contribution is -0.919. The third kappa shape index (κ3) is 3.53. The van der Waals surface area contributed by atoms with Crippen molar-refractivity contribution in [1.82, 2.24) is 4.98 Å². The molecule has 1 saturated heterocycles. The van der Waals surface area contributed by atoms with Crippen LogP contribution in [0.25, 0.3) is 0 Å². The fraction of sp³-hybridized carbons (Fsp3) is 0.571. The van der Waals surface area contributed by atoms with Gasteiger partial charge in [0.2, 0.25) is 0 Å². The van der Waals surface area contributed by atoms with Crippen LogP contribution in [0.3, 0.4) is 0 Å². The van der Waals surface area contributed by atoms with Gasteiger partial charge in [-0.2, -0.15) is 0 Å². The molecule has 0 amide bonds. The number of hydrogen-bond acceptors (Lipinski definition) is 3. The highest BCUT2D eigenvalue weighted by Crippen LogP contribution is 2.11. The maximum Gasteiger partial charge on any atom is 0.309 e. The van der Waals surface area contributed by atoms with Crippen LogP contribution in [-0.2, 0) is 16.1 Å². The van der Waals surface area contributed by atoms with Gasteiger partial charge in [0.15, 0.2) is 0 Å². The Kier molecular flexibility index (Phi) is 4.70. The molecular formula is C14H21N2O2+. The van der Waals surface area contributed by atoms with Gasteiger partial charge in [0.05, 0.1) is 25.6 Å². The number of piperidine rings is 1. The van der Waals surface area contributed by atoms with E-state index in [0.717, 1.165) is 32.5 Å². The van der Waals surface area contributed by atoms with Crippen molar-refractivity contribution in [2.75, 3.05) is 19.7 Å². The van der Waals surface area contributed by atoms with Crippen molar-refractivity contribution >= 4 is 5.97 Å². The summed E-state index contributed by atoms with van der Waals surface area (Å²) in [4.78, 5) is 17.3. The molecule has 1 fully saturated rings. The molecule has 98 valence electrons. The first-order chi connectivity index (χ1) is 8.79. The SMILES string of the molecule is CCOC(=O)C1CC[NH+](Cc2cccnc2)CC1. The molecule has 0 unspecified atom stereocenters. The Morgan fingerprint density at radius 1 is 1.50 bits per heavy atom. The van der Waals surface area contributed by atoms with Gasteiger partial charge in [-0.1, -0.05) is 6.07 Å². The van der Waals surface area contributed by atoms with Crippen LogP contribution in [-0.4, -0.2) is 30.6 Å². The van der Waals surface area contributed by atoms with Crippen molar-refractivity contribution in [3.63, 3.8) is 0 Å². The molecule has 18 heavy (non-hydrogen) atoms. The first-order valence-corrected chi connectivity index (χ1v) is 6.68. The van der Waals surface area contributed by atoms with E-state index in [1.165, 1.54) is 10.5 Å². The van der Waals surface area contributed by atoms with Gasteiger partial charge in [-0.25, -0.2) is 0 Å². The van der Waals surface area contributed by atoms with Crippen molar-refractivity contribution in [1.29, 1.82) is 0 Å². The van der Waals surface area contributed by atoms with Gasteiger partial charge in [-0.3, -0.25) is 9.78 Å². The predicted molar refractivity (Wildman–Crippen MR) is 68.0 cm³/mol. The molecule has 0 atom stereocenters. The number of pyridine rings is 1. The van der Waals surface area contributed by atoms with Gasteiger partial charge >= 0.3 is 5.97 Å². The van der Waals surface area contributed by atoms with E-state index < -0.39 is 0 Å². The van der Waals surface area contributed by atoms with Crippen molar-refractivity contribution in [3.05, 3.63) is 30.1 Å². The van der Waals surface area contributed by atoms with E-state index in [1.54, 1.807) is 6.20 Å². The zero-order chi connectivity index (χ0) is 12.8. The summed E-state index contributed by atoms with van der Waals surface area (Å²) in [6.45, 7) is 5.43. The summed E-state index contributed by atoms with van der Waals surface area (Å²) in [5.41, 5.74) is 1.27. The maximum absolute atomic E-state index is 11.6. The van der Waals surface area contributed by atoms with Gasteiger partial charge in [-0.15, -0.1) is 0 Å². The summed E-state index contributed by atoms with van der Waals surface area (Å²) < 4.78 is 5.08. The Hall–Kier alpha value is -1.42. The topological polar surface area (TPSA) is 43.6 Å². The number of hydrogen-bond donors (Lipinski definition) is 1. The van der Waals surface area contributed by atoms with Gasteiger partial charge < -0.3 is 9.64 Å². The van der Waals surface area contributed by atoms with Crippen molar-refractivity contribution in [2.24, 2.45) is 5.92 Å². The largest absolute Gasteiger partial charge is 0.466 e.